The van der Waals surface area contributed by atoms with Crippen LogP contribution in [0, 0.1) is 17.3 Å². The number of nitrogens with one attached hydrogen (secondary N) is 3. The third kappa shape index (κ3) is 7.63. The van der Waals surface area contributed by atoms with E-state index in [1.165, 1.54) is 19.1 Å². The third-order valence-electron chi connectivity index (χ3n) is 10.0. The molecule has 2 aromatic rings. The Bertz CT molecular complexity index is 1330. The predicted octanol–water partition coefficient (Wildman–Crippen LogP) is 4.62. The maximum atomic E-state index is 14.1. The fraction of sp³-hybridized carbons (Fsp3) is 0.639. The van der Waals surface area contributed by atoms with Gasteiger partial charge in [-0.25, -0.2) is 0 Å². The lowest BCUT2D eigenvalue weighted by molar-refractivity contribution is -0.134. The number of nitrogens with zero attached hydrogens (tertiary/aromatic N) is 1. The molecule has 3 aliphatic rings. The second-order valence-corrected chi connectivity index (χ2v) is 15.7. The zero-order valence-corrected chi connectivity index (χ0v) is 27.8. The topological polar surface area (TPSA) is 124 Å². The van der Waals surface area contributed by atoms with Crippen LogP contribution in [-0.2, 0) is 9.59 Å². The van der Waals surface area contributed by atoms with Crippen LogP contribution in [0.25, 0.3) is 0 Å². The molecular formula is C36H52N4O5. The number of rotatable bonds is 9. The van der Waals surface area contributed by atoms with Gasteiger partial charge >= 0.3 is 0 Å². The predicted molar refractivity (Wildman–Crippen MR) is 173 cm³/mol. The van der Waals surface area contributed by atoms with E-state index in [4.69, 9.17) is 4.42 Å². The van der Waals surface area contributed by atoms with Crippen LogP contribution >= 0.6 is 0 Å². The molecule has 1 aliphatic heterocycles. The van der Waals surface area contributed by atoms with Crippen LogP contribution in [0.15, 0.2) is 53.1 Å². The van der Waals surface area contributed by atoms with E-state index in [1.807, 2.05) is 71.9 Å². The Balaban J connectivity index is 1.40. The molecule has 7 atom stereocenters. The maximum Gasteiger partial charge on any atom is 0.287 e. The summed E-state index contributed by atoms with van der Waals surface area (Å²) in [6, 6.07) is 11.9. The highest BCUT2D eigenvalue weighted by Crippen LogP contribution is 2.54. The number of benzene rings is 1. The van der Waals surface area contributed by atoms with Gasteiger partial charge in [0.15, 0.2) is 5.76 Å². The molecule has 2 aliphatic carbocycles. The summed E-state index contributed by atoms with van der Waals surface area (Å²) in [5.74, 6) is 0.220. The molecule has 2 heterocycles. The van der Waals surface area contributed by atoms with Gasteiger partial charge in [0.1, 0.15) is 6.04 Å². The molecule has 5 rings (SSSR count). The SMILES string of the molecule is CC(C)(C)NC(=O)[C@@H]1C[C@@H]2CCCCC2CN1C[C@@H](O)C1(NC(=O)[C@@H](NC(=O)c2ccco2)C(C)(C)C)CC1c1ccccc1. The number of fused-ring (bicyclic) bond motifs is 1. The van der Waals surface area contributed by atoms with Gasteiger partial charge in [-0.3, -0.25) is 19.3 Å². The fourth-order valence-electron chi connectivity index (χ4n) is 7.57. The molecule has 1 saturated heterocycles. The summed E-state index contributed by atoms with van der Waals surface area (Å²) in [6.07, 6.45) is 6.53. The Kier molecular flexibility index (Phi) is 9.53. The molecule has 0 spiro atoms. The van der Waals surface area contributed by atoms with Gasteiger partial charge < -0.3 is 25.5 Å². The lowest BCUT2D eigenvalue weighted by Crippen LogP contribution is -2.62. The largest absolute Gasteiger partial charge is 0.459 e. The number of hydrogen-bond donors (Lipinski definition) is 4. The highest BCUT2D eigenvalue weighted by molar-refractivity contribution is 5.96. The van der Waals surface area contributed by atoms with Gasteiger partial charge in [0.2, 0.25) is 11.8 Å². The molecule has 3 amide bonds. The second-order valence-electron chi connectivity index (χ2n) is 15.7. The van der Waals surface area contributed by atoms with E-state index in [2.05, 4.69) is 20.9 Å². The van der Waals surface area contributed by atoms with E-state index < -0.39 is 29.0 Å². The number of aliphatic hydroxyl groups excluding tert-OH is 1. The maximum absolute atomic E-state index is 14.1. The molecule has 9 nitrogen and oxygen atoms in total. The molecule has 1 aromatic heterocycles. The molecule has 3 unspecified atom stereocenters. The van der Waals surface area contributed by atoms with Crippen LogP contribution in [-0.4, -0.2) is 70.1 Å². The highest BCUT2D eigenvalue weighted by atomic mass is 16.3. The van der Waals surface area contributed by atoms with Gasteiger partial charge in [-0.05, 0) is 75.0 Å². The van der Waals surface area contributed by atoms with Crippen molar-refractivity contribution in [2.24, 2.45) is 17.3 Å². The summed E-state index contributed by atoms with van der Waals surface area (Å²) in [4.78, 5) is 42.9. The average molecular weight is 621 g/mol. The van der Waals surface area contributed by atoms with E-state index >= 15 is 0 Å². The summed E-state index contributed by atoms with van der Waals surface area (Å²) in [5, 5.41) is 21.4. The Morgan fingerprint density at radius 2 is 1.69 bits per heavy atom. The number of amides is 3. The smallest absolute Gasteiger partial charge is 0.287 e. The molecule has 2 saturated carbocycles. The van der Waals surface area contributed by atoms with Crippen LogP contribution in [0.1, 0.15) is 102 Å². The van der Waals surface area contributed by atoms with Crippen molar-refractivity contribution in [1.29, 1.82) is 0 Å². The number of piperidine rings is 1. The quantitative estimate of drug-likeness (QED) is 0.324. The van der Waals surface area contributed by atoms with Gasteiger partial charge in [0.25, 0.3) is 5.91 Å². The number of carbonyl (C=O) groups excluding carboxylic acids is 3. The number of furan rings is 1. The van der Waals surface area contributed by atoms with Gasteiger partial charge in [0, 0.05) is 24.5 Å². The van der Waals surface area contributed by atoms with Crippen molar-refractivity contribution in [1.82, 2.24) is 20.9 Å². The Morgan fingerprint density at radius 1 is 1.00 bits per heavy atom. The Labute approximate surface area is 267 Å². The summed E-state index contributed by atoms with van der Waals surface area (Å²) >= 11 is 0. The molecule has 45 heavy (non-hydrogen) atoms. The number of β-amino-alcohol motifs (C(OH)–C–C–N with tert-alkyl or cyclic N) is 1. The molecule has 0 radical (unpaired) electrons. The van der Waals surface area contributed by atoms with Crippen LogP contribution in [0.4, 0.5) is 0 Å². The van der Waals surface area contributed by atoms with Crippen molar-refractivity contribution in [2.45, 2.75) is 115 Å². The second kappa shape index (κ2) is 12.9. The van der Waals surface area contributed by atoms with Crippen LogP contribution in [0.3, 0.4) is 0 Å². The normalized spacial score (nSPS) is 28.3. The summed E-state index contributed by atoms with van der Waals surface area (Å²) in [5.41, 5.74) is -0.881. The molecule has 1 aromatic carbocycles. The Hall–Kier alpha value is -3.17. The van der Waals surface area contributed by atoms with Gasteiger partial charge in [-0.15, -0.1) is 0 Å². The first-order chi connectivity index (χ1) is 21.2. The van der Waals surface area contributed by atoms with E-state index in [0.717, 1.165) is 31.4 Å². The van der Waals surface area contributed by atoms with Gasteiger partial charge in [-0.1, -0.05) is 70.4 Å². The Morgan fingerprint density at radius 3 is 2.31 bits per heavy atom. The third-order valence-corrected chi connectivity index (χ3v) is 10.0. The zero-order valence-electron chi connectivity index (χ0n) is 27.8. The molecule has 0 bridgehead atoms. The number of likely N-dealkylation sites (tertiary alicyclic amines) is 1. The molecule has 246 valence electrons. The van der Waals surface area contributed by atoms with Crippen molar-refractivity contribution in [3.8, 4) is 0 Å². The monoisotopic (exact) mass is 620 g/mol. The first-order valence-electron chi connectivity index (χ1n) is 16.6. The first kappa shape index (κ1) is 33.2. The minimum Gasteiger partial charge on any atom is -0.459 e. The summed E-state index contributed by atoms with van der Waals surface area (Å²) < 4.78 is 5.27. The lowest BCUT2D eigenvalue weighted by Gasteiger charge is -2.47. The van der Waals surface area contributed by atoms with Gasteiger partial charge in [-0.2, -0.15) is 0 Å². The van der Waals surface area contributed by atoms with Gasteiger partial charge in [0.05, 0.1) is 23.9 Å². The van der Waals surface area contributed by atoms with E-state index in [9.17, 15) is 19.5 Å². The number of carbonyl (C=O) groups is 3. The van der Waals surface area contributed by atoms with Crippen molar-refractivity contribution in [3.05, 3.63) is 60.1 Å². The molecule has 3 fully saturated rings. The van der Waals surface area contributed by atoms with E-state index in [-0.39, 0.29) is 41.6 Å². The van der Waals surface area contributed by atoms with Crippen LogP contribution in [0.5, 0.6) is 0 Å². The zero-order chi connectivity index (χ0) is 32.6. The van der Waals surface area contributed by atoms with Crippen molar-refractivity contribution in [3.63, 3.8) is 0 Å². The minimum atomic E-state index is -0.939. The van der Waals surface area contributed by atoms with Crippen molar-refractivity contribution < 1.29 is 23.9 Å². The first-order valence-corrected chi connectivity index (χ1v) is 16.6. The summed E-state index contributed by atoms with van der Waals surface area (Å²) in [6.45, 7) is 12.7. The minimum absolute atomic E-state index is 0.000602. The van der Waals surface area contributed by atoms with E-state index in [0.29, 0.717) is 18.3 Å². The number of aliphatic hydroxyl groups is 1. The van der Waals surface area contributed by atoms with Crippen molar-refractivity contribution >= 4 is 17.7 Å². The molecule has 4 N–H and O–H groups in total. The van der Waals surface area contributed by atoms with Crippen molar-refractivity contribution in [2.75, 3.05) is 13.1 Å². The molecule has 9 heteroatoms. The lowest BCUT2D eigenvalue weighted by atomic mass is 9.72. The van der Waals surface area contributed by atoms with Crippen LogP contribution in [0.2, 0.25) is 0 Å². The van der Waals surface area contributed by atoms with Crippen LogP contribution < -0.4 is 16.0 Å². The standard InChI is InChI=1S/C36H52N4O5/c1-34(2,3)30(37-32(43)28-17-12-18-45-28)33(44)39-36(20-26(36)23-13-8-7-9-14-23)29(41)22-40-21-25-16-11-10-15-24(25)19-27(40)31(42)38-35(4,5)6/h7-9,12-14,17-18,24-27,29-30,41H,10-11,15-16,19-22H2,1-6H3,(H,37,43)(H,38,42)(H,39,44)/t24-,25?,26?,27-,29+,30+,36?/m0/s1. The fourth-order valence-corrected chi connectivity index (χ4v) is 7.57. The summed E-state index contributed by atoms with van der Waals surface area (Å²) in [7, 11) is 0. The molecular weight excluding hydrogens is 568 g/mol. The number of hydrogen-bond acceptors (Lipinski definition) is 6. The van der Waals surface area contributed by atoms with E-state index in [1.54, 1.807) is 12.1 Å². The highest BCUT2D eigenvalue weighted by Gasteiger charge is 2.62. The average Bonchev–Trinajstić information content (AvgIpc) is 3.42.